The summed E-state index contributed by atoms with van der Waals surface area (Å²) in [7, 11) is 0. The zero-order valence-corrected chi connectivity index (χ0v) is 13.4. The van der Waals surface area contributed by atoms with E-state index in [2.05, 4.69) is 18.2 Å². The predicted molar refractivity (Wildman–Crippen MR) is 91.4 cm³/mol. The lowest BCUT2D eigenvalue weighted by Gasteiger charge is -2.27. The highest BCUT2D eigenvalue weighted by atomic mass is 35.5. The molecular weight excluding hydrogens is 317 g/mol. The third-order valence-corrected chi connectivity index (χ3v) is 4.64. The van der Waals surface area contributed by atoms with E-state index in [1.54, 1.807) is 23.1 Å². The lowest BCUT2D eigenvalue weighted by atomic mass is 9.99. The summed E-state index contributed by atoms with van der Waals surface area (Å²) in [6.07, 6.45) is 2.95. The van der Waals surface area contributed by atoms with E-state index in [0.717, 1.165) is 6.42 Å². The molecule has 0 bridgehead atoms. The van der Waals surface area contributed by atoms with Gasteiger partial charge in [0.2, 0.25) is 0 Å². The first-order valence-corrected chi connectivity index (χ1v) is 7.90. The Kier molecular flexibility index (Phi) is 4.51. The fraction of sp³-hybridized carbons (Fsp3) is 0.167. The molecule has 3 rings (SSSR count). The summed E-state index contributed by atoms with van der Waals surface area (Å²) in [5.41, 5.74) is 2.96. The maximum atomic E-state index is 12.6. The molecule has 0 spiro atoms. The van der Waals surface area contributed by atoms with E-state index in [4.69, 9.17) is 23.2 Å². The standard InChI is InChI=1S/C18H15Cl2NO/c19-16-8-4-7-15(17(16)20)18(22)21-11-9-14(10-12-21)13-5-2-1-3-6-13/h1-9H,10-12H2. The zero-order chi connectivity index (χ0) is 15.5. The summed E-state index contributed by atoms with van der Waals surface area (Å²) in [6.45, 7) is 1.27. The molecule has 2 aromatic carbocycles. The molecule has 0 aromatic heterocycles. The van der Waals surface area contributed by atoms with Gasteiger partial charge in [-0.1, -0.05) is 65.7 Å². The fourth-order valence-corrected chi connectivity index (χ4v) is 2.99. The monoisotopic (exact) mass is 331 g/mol. The minimum absolute atomic E-state index is 0.0733. The van der Waals surface area contributed by atoms with E-state index in [-0.39, 0.29) is 5.91 Å². The summed E-state index contributed by atoms with van der Waals surface area (Å²) in [4.78, 5) is 14.4. The fourth-order valence-electron chi connectivity index (χ4n) is 2.61. The largest absolute Gasteiger partial charge is 0.335 e. The van der Waals surface area contributed by atoms with E-state index < -0.39 is 0 Å². The van der Waals surface area contributed by atoms with Crippen LogP contribution in [-0.2, 0) is 0 Å². The predicted octanol–water partition coefficient (Wildman–Crippen LogP) is 4.92. The topological polar surface area (TPSA) is 20.3 Å². The average molecular weight is 332 g/mol. The van der Waals surface area contributed by atoms with Crippen molar-refractivity contribution in [2.45, 2.75) is 6.42 Å². The van der Waals surface area contributed by atoms with Crippen molar-refractivity contribution in [2.24, 2.45) is 0 Å². The number of carbonyl (C=O) groups is 1. The van der Waals surface area contributed by atoms with Crippen LogP contribution in [0.1, 0.15) is 22.3 Å². The SMILES string of the molecule is O=C(c1cccc(Cl)c1Cl)N1CC=C(c2ccccc2)CC1. The molecule has 4 heteroatoms. The van der Waals surface area contributed by atoms with Crippen molar-refractivity contribution < 1.29 is 4.79 Å². The summed E-state index contributed by atoms with van der Waals surface area (Å²) in [6, 6.07) is 15.4. The summed E-state index contributed by atoms with van der Waals surface area (Å²) < 4.78 is 0. The molecule has 0 saturated carbocycles. The molecule has 1 amide bonds. The number of hydrogen-bond acceptors (Lipinski definition) is 1. The number of nitrogens with zero attached hydrogens (tertiary/aromatic N) is 1. The molecule has 2 aromatic rings. The van der Waals surface area contributed by atoms with Crippen molar-refractivity contribution in [3.63, 3.8) is 0 Å². The van der Waals surface area contributed by atoms with Gasteiger partial charge < -0.3 is 4.90 Å². The number of rotatable bonds is 2. The van der Waals surface area contributed by atoms with Gasteiger partial charge in [0.25, 0.3) is 5.91 Å². The van der Waals surface area contributed by atoms with Gasteiger partial charge in [-0.15, -0.1) is 0 Å². The van der Waals surface area contributed by atoms with Crippen molar-refractivity contribution in [1.29, 1.82) is 0 Å². The van der Waals surface area contributed by atoms with Crippen molar-refractivity contribution in [2.75, 3.05) is 13.1 Å². The molecule has 1 aliphatic heterocycles. The number of benzene rings is 2. The highest BCUT2D eigenvalue weighted by Crippen LogP contribution is 2.28. The van der Waals surface area contributed by atoms with Crippen LogP contribution in [0.4, 0.5) is 0 Å². The highest BCUT2D eigenvalue weighted by Gasteiger charge is 2.21. The summed E-state index contributed by atoms with van der Waals surface area (Å²) in [5.74, 6) is -0.0733. The molecular formula is C18H15Cl2NO. The molecule has 112 valence electrons. The second kappa shape index (κ2) is 6.55. The maximum Gasteiger partial charge on any atom is 0.255 e. The van der Waals surface area contributed by atoms with Gasteiger partial charge in [-0.25, -0.2) is 0 Å². The average Bonchev–Trinajstić information content (AvgIpc) is 2.58. The maximum absolute atomic E-state index is 12.6. The Balaban J connectivity index is 1.77. The van der Waals surface area contributed by atoms with Crippen molar-refractivity contribution in [3.8, 4) is 0 Å². The Morgan fingerprint density at radius 3 is 2.45 bits per heavy atom. The Bertz CT molecular complexity index is 725. The number of hydrogen-bond donors (Lipinski definition) is 0. The van der Waals surface area contributed by atoms with E-state index in [1.165, 1.54) is 11.1 Å². The van der Waals surface area contributed by atoms with Gasteiger partial charge in [-0.3, -0.25) is 4.79 Å². The molecule has 0 radical (unpaired) electrons. The van der Waals surface area contributed by atoms with Crippen LogP contribution in [0.2, 0.25) is 10.0 Å². The lowest BCUT2D eigenvalue weighted by molar-refractivity contribution is 0.0773. The number of carbonyl (C=O) groups excluding carboxylic acids is 1. The molecule has 0 saturated heterocycles. The van der Waals surface area contributed by atoms with Crippen LogP contribution >= 0.6 is 23.2 Å². The number of halogens is 2. The van der Waals surface area contributed by atoms with Crippen molar-refractivity contribution >= 4 is 34.7 Å². The molecule has 1 heterocycles. The Hall–Kier alpha value is -1.77. The molecule has 0 fully saturated rings. The minimum atomic E-state index is -0.0733. The van der Waals surface area contributed by atoms with Crippen molar-refractivity contribution in [1.82, 2.24) is 4.90 Å². The van der Waals surface area contributed by atoms with Crippen LogP contribution in [0.5, 0.6) is 0 Å². The first-order valence-electron chi connectivity index (χ1n) is 7.14. The van der Waals surface area contributed by atoms with Gasteiger partial charge >= 0.3 is 0 Å². The summed E-state index contributed by atoms with van der Waals surface area (Å²) >= 11 is 12.1. The van der Waals surface area contributed by atoms with Gasteiger partial charge in [-0.05, 0) is 29.7 Å². The first-order chi connectivity index (χ1) is 10.7. The molecule has 0 N–H and O–H groups in total. The molecule has 0 atom stereocenters. The van der Waals surface area contributed by atoms with Gasteiger partial charge in [0, 0.05) is 13.1 Å². The molecule has 2 nitrogen and oxygen atoms in total. The van der Waals surface area contributed by atoms with Crippen LogP contribution in [0.15, 0.2) is 54.6 Å². The number of amides is 1. The Labute approximate surface area is 140 Å². The van der Waals surface area contributed by atoms with E-state index in [9.17, 15) is 4.79 Å². The smallest absolute Gasteiger partial charge is 0.255 e. The molecule has 0 aliphatic carbocycles. The van der Waals surface area contributed by atoms with Gasteiger partial charge in [0.05, 0.1) is 15.6 Å². The van der Waals surface area contributed by atoms with Crippen LogP contribution in [0.25, 0.3) is 5.57 Å². The third-order valence-electron chi connectivity index (χ3n) is 3.82. The Morgan fingerprint density at radius 1 is 1.00 bits per heavy atom. The zero-order valence-electron chi connectivity index (χ0n) is 11.9. The lowest BCUT2D eigenvalue weighted by Crippen LogP contribution is -2.34. The van der Waals surface area contributed by atoms with Crippen LogP contribution in [0.3, 0.4) is 0 Å². The normalized spacial score (nSPS) is 14.6. The van der Waals surface area contributed by atoms with E-state index >= 15 is 0 Å². The first kappa shape index (κ1) is 15.1. The second-order valence-corrected chi connectivity index (χ2v) is 5.98. The molecule has 0 unspecified atom stereocenters. The van der Waals surface area contributed by atoms with Gasteiger partial charge in [0.1, 0.15) is 0 Å². The van der Waals surface area contributed by atoms with Crippen molar-refractivity contribution in [3.05, 3.63) is 75.8 Å². The highest BCUT2D eigenvalue weighted by molar-refractivity contribution is 6.43. The second-order valence-electron chi connectivity index (χ2n) is 5.20. The van der Waals surface area contributed by atoms with Crippen LogP contribution in [-0.4, -0.2) is 23.9 Å². The van der Waals surface area contributed by atoms with E-state index in [0.29, 0.717) is 28.7 Å². The molecule has 22 heavy (non-hydrogen) atoms. The molecule has 1 aliphatic rings. The summed E-state index contributed by atoms with van der Waals surface area (Å²) in [5, 5.41) is 0.733. The Morgan fingerprint density at radius 2 is 1.77 bits per heavy atom. The van der Waals surface area contributed by atoms with Gasteiger partial charge in [0.15, 0.2) is 0 Å². The van der Waals surface area contributed by atoms with Crippen LogP contribution < -0.4 is 0 Å². The quantitative estimate of drug-likeness (QED) is 0.764. The van der Waals surface area contributed by atoms with Gasteiger partial charge in [-0.2, -0.15) is 0 Å². The van der Waals surface area contributed by atoms with E-state index in [1.807, 2.05) is 18.2 Å². The minimum Gasteiger partial charge on any atom is -0.335 e. The third kappa shape index (κ3) is 3.03. The van der Waals surface area contributed by atoms with Crippen LogP contribution in [0, 0.1) is 0 Å².